The second-order valence-electron chi connectivity index (χ2n) is 5.87. The van der Waals surface area contributed by atoms with Gasteiger partial charge in [-0.15, -0.1) is 24.0 Å². The molecule has 0 saturated carbocycles. The highest BCUT2D eigenvalue weighted by Gasteiger charge is 2.01. The molecule has 28 heavy (non-hydrogen) atoms. The Morgan fingerprint density at radius 2 is 1.89 bits per heavy atom. The lowest BCUT2D eigenvalue weighted by Gasteiger charge is -2.11. The van der Waals surface area contributed by atoms with E-state index in [-0.39, 0.29) is 24.0 Å². The standard InChI is InChI=1S/C19H22ClN7.HI/c1-2-22-19(23-10-9-16-5-8-18(20)24-11-16)25-12-15-3-6-17(7-4-15)27-14-21-13-26-27;/h3-8,11,13-14H,2,9-10,12H2,1H3,(H2,22,23,25);1H. The number of nitrogens with zero attached hydrogens (tertiary/aromatic N) is 5. The van der Waals surface area contributed by atoms with E-state index in [1.807, 2.05) is 37.3 Å². The van der Waals surface area contributed by atoms with E-state index in [9.17, 15) is 0 Å². The normalized spacial score (nSPS) is 11.0. The molecule has 3 aromatic rings. The van der Waals surface area contributed by atoms with Crippen molar-refractivity contribution < 1.29 is 0 Å². The molecule has 0 atom stereocenters. The third-order valence-corrected chi connectivity index (χ3v) is 4.10. The van der Waals surface area contributed by atoms with Crippen molar-refractivity contribution in [3.63, 3.8) is 0 Å². The molecule has 2 heterocycles. The molecule has 0 amide bonds. The summed E-state index contributed by atoms with van der Waals surface area (Å²) in [4.78, 5) is 12.7. The molecule has 0 radical (unpaired) electrons. The average molecular weight is 512 g/mol. The molecule has 9 heteroatoms. The summed E-state index contributed by atoms with van der Waals surface area (Å²) in [7, 11) is 0. The van der Waals surface area contributed by atoms with Gasteiger partial charge in [0.2, 0.25) is 0 Å². The lowest BCUT2D eigenvalue weighted by atomic mass is 10.2. The van der Waals surface area contributed by atoms with Crippen LogP contribution in [0.5, 0.6) is 0 Å². The van der Waals surface area contributed by atoms with E-state index < -0.39 is 0 Å². The molecule has 0 aliphatic rings. The van der Waals surface area contributed by atoms with Crippen molar-refractivity contribution in [1.29, 1.82) is 0 Å². The predicted molar refractivity (Wildman–Crippen MR) is 123 cm³/mol. The SMILES string of the molecule is CCNC(=NCc1ccc(-n2cncn2)cc1)NCCc1ccc(Cl)nc1.I. The number of nitrogens with one attached hydrogen (secondary N) is 2. The van der Waals surface area contributed by atoms with Crippen LogP contribution >= 0.6 is 35.6 Å². The number of hydrogen-bond acceptors (Lipinski definition) is 4. The van der Waals surface area contributed by atoms with Crippen molar-refractivity contribution in [1.82, 2.24) is 30.4 Å². The van der Waals surface area contributed by atoms with Crippen LogP contribution < -0.4 is 10.6 Å². The van der Waals surface area contributed by atoms with Gasteiger partial charge in [-0.3, -0.25) is 0 Å². The Kier molecular flexibility index (Phi) is 9.15. The van der Waals surface area contributed by atoms with E-state index in [4.69, 9.17) is 11.6 Å². The topological polar surface area (TPSA) is 80.0 Å². The van der Waals surface area contributed by atoms with Gasteiger partial charge in [-0.2, -0.15) is 5.10 Å². The lowest BCUT2D eigenvalue weighted by molar-refractivity contribution is 0.797. The molecule has 2 N–H and O–H groups in total. The minimum absolute atomic E-state index is 0. The first-order valence-electron chi connectivity index (χ1n) is 8.81. The summed E-state index contributed by atoms with van der Waals surface area (Å²) in [6.45, 7) is 4.21. The van der Waals surface area contributed by atoms with Crippen LogP contribution in [-0.4, -0.2) is 38.8 Å². The molecule has 0 spiro atoms. The minimum atomic E-state index is 0. The van der Waals surface area contributed by atoms with Crippen molar-refractivity contribution in [2.45, 2.75) is 19.9 Å². The summed E-state index contributed by atoms with van der Waals surface area (Å²) in [6, 6.07) is 11.9. The van der Waals surface area contributed by atoms with E-state index in [1.54, 1.807) is 23.3 Å². The number of pyridine rings is 1. The van der Waals surface area contributed by atoms with Gasteiger partial charge in [-0.05, 0) is 42.7 Å². The zero-order chi connectivity index (χ0) is 18.9. The Balaban J connectivity index is 0.00000280. The van der Waals surface area contributed by atoms with Gasteiger partial charge in [0, 0.05) is 19.3 Å². The van der Waals surface area contributed by atoms with E-state index in [1.165, 1.54) is 6.33 Å². The fourth-order valence-corrected chi connectivity index (χ4v) is 2.60. The first-order chi connectivity index (χ1) is 13.2. The zero-order valence-electron chi connectivity index (χ0n) is 15.5. The summed E-state index contributed by atoms with van der Waals surface area (Å²) < 4.78 is 1.73. The molecule has 0 bridgehead atoms. The number of halogens is 2. The first-order valence-corrected chi connectivity index (χ1v) is 9.19. The van der Waals surface area contributed by atoms with Gasteiger partial charge in [-0.1, -0.05) is 29.8 Å². The number of benzene rings is 1. The van der Waals surface area contributed by atoms with Gasteiger partial charge in [0.15, 0.2) is 5.96 Å². The maximum absolute atomic E-state index is 5.81. The summed E-state index contributed by atoms with van der Waals surface area (Å²) in [5.74, 6) is 0.791. The summed E-state index contributed by atoms with van der Waals surface area (Å²) in [5.41, 5.74) is 3.23. The monoisotopic (exact) mass is 511 g/mol. The Hall–Kier alpha value is -2.20. The second-order valence-corrected chi connectivity index (χ2v) is 6.25. The Labute approximate surface area is 186 Å². The Bertz CT molecular complexity index is 849. The number of guanidine groups is 1. The third-order valence-electron chi connectivity index (χ3n) is 3.88. The third kappa shape index (κ3) is 6.75. The Morgan fingerprint density at radius 3 is 2.54 bits per heavy atom. The molecule has 0 fully saturated rings. The van der Waals surface area contributed by atoms with Gasteiger partial charge in [-0.25, -0.2) is 19.6 Å². The molecule has 0 aliphatic carbocycles. The van der Waals surface area contributed by atoms with Gasteiger partial charge in [0.25, 0.3) is 0 Å². The first kappa shape index (κ1) is 22.1. The number of aliphatic imine (C=N–C) groups is 1. The van der Waals surface area contributed by atoms with Gasteiger partial charge in [0.05, 0.1) is 12.2 Å². The predicted octanol–water partition coefficient (Wildman–Crippen LogP) is 3.23. The van der Waals surface area contributed by atoms with E-state index in [0.717, 1.165) is 42.3 Å². The van der Waals surface area contributed by atoms with Crippen LogP contribution in [0.1, 0.15) is 18.1 Å². The van der Waals surface area contributed by atoms with E-state index in [2.05, 4.69) is 30.7 Å². The summed E-state index contributed by atoms with van der Waals surface area (Å²) in [5, 5.41) is 11.2. The van der Waals surface area contributed by atoms with Crippen LogP contribution in [0.4, 0.5) is 0 Å². The highest BCUT2D eigenvalue weighted by molar-refractivity contribution is 14.0. The average Bonchev–Trinajstić information content (AvgIpc) is 3.23. The maximum atomic E-state index is 5.81. The van der Waals surface area contributed by atoms with Gasteiger partial charge in [0.1, 0.15) is 17.8 Å². The fraction of sp³-hybridized carbons (Fsp3) is 0.263. The number of hydrogen-bond donors (Lipinski definition) is 2. The largest absolute Gasteiger partial charge is 0.357 e. The van der Waals surface area contributed by atoms with Crippen LogP contribution in [0.3, 0.4) is 0 Å². The highest BCUT2D eigenvalue weighted by atomic mass is 127. The van der Waals surface area contributed by atoms with Crippen LogP contribution in [-0.2, 0) is 13.0 Å². The molecule has 2 aromatic heterocycles. The number of rotatable bonds is 7. The number of aromatic nitrogens is 4. The molecular weight excluding hydrogens is 489 g/mol. The van der Waals surface area contributed by atoms with Crippen molar-refractivity contribution in [3.8, 4) is 5.69 Å². The van der Waals surface area contributed by atoms with Gasteiger partial charge < -0.3 is 10.6 Å². The lowest BCUT2D eigenvalue weighted by Crippen LogP contribution is -2.38. The smallest absolute Gasteiger partial charge is 0.191 e. The molecule has 3 rings (SSSR count). The minimum Gasteiger partial charge on any atom is -0.357 e. The molecule has 148 valence electrons. The Morgan fingerprint density at radius 1 is 1.11 bits per heavy atom. The molecule has 0 aliphatic heterocycles. The molecule has 1 aromatic carbocycles. The van der Waals surface area contributed by atoms with Crippen molar-refractivity contribution in [3.05, 3.63) is 71.5 Å². The van der Waals surface area contributed by atoms with Gasteiger partial charge >= 0.3 is 0 Å². The van der Waals surface area contributed by atoms with Crippen LogP contribution in [0, 0.1) is 0 Å². The van der Waals surface area contributed by atoms with E-state index in [0.29, 0.717) is 11.7 Å². The summed E-state index contributed by atoms with van der Waals surface area (Å²) >= 11 is 5.81. The van der Waals surface area contributed by atoms with Crippen LogP contribution in [0.2, 0.25) is 5.15 Å². The highest BCUT2D eigenvalue weighted by Crippen LogP contribution is 2.09. The zero-order valence-corrected chi connectivity index (χ0v) is 18.6. The molecule has 7 nitrogen and oxygen atoms in total. The van der Waals surface area contributed by atoms with Crippen molar-refractivity contribution in [2.24, 2.45) is 4.99 Å². The fourth-order valence-electron chi connectivity index (χ4n) is 2.49. The van der Waals surface area contributed by atoms with Crippen LogP contribution in [0.25, 0.3) is 5.69 Å². The molecule has 0 saturated heterocycles. The van der Waals surface area contributed by atoms with Crippen molar-refractivity contribution in [2.75, 3.05) is 13.1 Å². The second kappa shape index (κ2) is 11.6. The van der Waals surface area contributed by atoms with Crippen molar-refractivity contribution >= 4 is 41.5 Å². The van der Waals surface area contributed by atoms with Crippen LogP contribution in [0.15, 0.2) is 60.2 Å². The summed E-state index contributed by atoms with van der Waals surface area (Å²) in [6.07, 6.45) is 5.84. The van der Waals surface area contributed by atoms with E-state index >= 15 is 0 Å². The molecular formula is C19H23ClIN7. The quantitative estimate of drug-likeness (QED) is 0.220. The maximum Gasteiger partial charge on any atom is 0.191 e. The molecule has 0 unspecified atom stereocenters.